The van der Waals surface area contributed by atoms with Crippen molar-refractivity contribution < 1.29 is 9.15 Å². The van der Waals surface area contributed by atoms with E-state index in [1.165, 1.54) is 0 Å². The molecule has 1 aromatic heterocycles. The first-order valence-electron chi connectivity index (χ1n) is 7.21. The lowest BCUT2D eigenvalue weighted by atomic mass is 9.82. The van der Waals surface area contributed by atoms with E-state index in [1.54, 1.807) is 13.0 Å². The fraction of sp³-hybridized carbons (Fsp3) is 0.222. The van der Waals surface area contributed by atoms with E-state index in [2.05, 4.69) is 6.07 Å². The van der Waals surface area contributed by atoms with Crippen LogP contribution in [0.1, 0.15) is 33.9 Å². The zero-order valence-electron chi connectivity index (χ0n) is 13.1. The average Bonchev–Trinajstić information content (AvgIpc) is 2.48. The topological polar surface area (TPSA) is 89.2 Å². The minimum absolute atomic E-state index is 0.0240. The number of ether oxygens (including phenoxy) is 1. The van der Waals surface area contributed by atoms with Crippen molar-refractivity contribution in [2.45, 2.75) is 26.7 Å². The predicted molar refractivity (Wildman–Crippen MR) is 84.9 cm³/mol. The van der Waals surface area contributed by atoms with Crippen LogP contribution >= 0.6 is 0 Å². The van der Waals surface area contributed by atoms with Gasteiger partial charge in [-0.3, -0.25) is 0 Å². The molecule has 0 radical (unpaired) electrons. The van der Waals surface area contributed by atoms with Crippen molar-refractivity contribution in [3.8, 4) is 11.8 Å². The largest absolute Gasteiger partial charge is 0.440 e. The Kier molecular flexibility index (Phi) is 3.45. The Balaban J connectivity index is 2.36. The summed E-state index contributed by atoms with van der Waals surface area (Å²) < 4.78 is 10.7. The summed E-state index contributed by atoms with van der Waals surface area (Å²) >= 11 is 0. The van der Waals surface area contributed by atoms with Crippen LogP contribution in [0.15, 0.2) is 44.9 Å². The zero-order chi connectivity index (χ0) is 16.7. The molecule has 3 rings (SSSR count). The molecule has 2 heterocycles. The van der Waals surface area contributed by atoms with Gasteiger partial charge in [-0.1, -0.05) is 23.8 Å². The third-order valence-electron chi connectivity index (χ3n) is 4.00. The third kappa shape index (κ3) is 2.38. The molecule has 23 heavy (non-hydrogen) atoms. The zero-order valence-corrected chi connectivity index (χ0v) is 13.1. The van der Waals surface area contributed by atoms with Crippen molar-refractivity contribution in [3.05, 3.63) is 74.2 Å². The maximum absolute atomic E-state index is 12.4. The number of benzene rings is 1. The molecule has 116 valence electrons. The molecule has 1 aliphatic rings. The lowest BCUT2D eigenvalue weighted by Crippen LogP contribution is -2.26. The number of nitrogens with two attached hydrogens (primary N) is 1. The molecule has 1 aromatic carbocycles. The van der Waals surface area contributed by atoms with Gasteiger partial charge >= 0.3 is 5.63 Å². The van der Waals surface area contributed by atoms with Crippen molar-refractivity contribution in [1.82, 2.24) is 0 Å². The third-order valence-corrected chi connectivity index (χ3v) is 4.00. The van der Waals surface area contributed by atoms with E-state index < -0.39 is 11.5 Å². The molecule has 2 aromatic rings. The SMILES string of the molecule is Cc1ccc(C)c([C@@H]2C(C#N)=C(N)Oc3cc(C)oc(=O)c32)c1. The molecule has 0 spiro atoms. The van der Waals surface area contributed by atoms with E-state index in [0.717, 1.165) is 16.7 Å². The highest BCUT2D eigenvalue weighted by Gasteiger charge is 2.35. The van der Waals surface area contributed by atoms with Crippen LogP contribution < -0.4 is 16.1 Å². The van der Waals surface area contributed by atoms with E-state index in [-0.39, 0.29) is 11.5 Å². The van der Waals surface area contributed by atoms with Crippen LogP contribution in [0.3, 0.4) is 0 Å². The van der Waals surface area contributed by atoms with Crippen LogP contribution in [0, 0.1) is 32.1 Å². The molecule has 0 saturated heterocycles. The van der Waals surface area contributed by atoms with Gasteiger partial charge in [0.05, 0.1) is 11.5 Å². The van der Waals surface area contributed by atoms with Crippen molar-refractivity contribution in [1.29, 1.82) is 5.26 Å². The van der Waals surface area contributed by atoms with Crippen molar-refractivity contribution in [3.63, 3.8) is 0 Å². The second-order valence-electron chi connectivity index (χ2n) is 5.71. The molecule has 0 aliphatic carbocycles. The van der Waals surface area contributed by atoms with Crippen molar-refractivity contribution in [2.24, 2.45) is 5.73 Å². The normalized spacial score (nSPS) is 16.5. The summed E-state index contributed by atoms with van der Waals surface area (Å²) in [6, 6.07) is 9.60. The minimum atomic E-state index is -0.583. The summed E-state index contributed by atoms with van der Waals surface area (Å²) in [5, 5.41) is 9.52. The van der Waals surface area contributed by atoms with E-state index in [4.69, 9.17) is 14.9 Å². The first-order valence-corrected chi connectivity index (χ1v) is 7.21. The number of hydrogen-bond donors (Lipinski definition) is 1. The van der Waals surface area contributed by atoms with Crippen LogP contribution in [0.2, 0.25) is 0 Å². The van der Waals surface area contributed by atoms with Gasteiger partial charge in [-0.25, -0.2) is 4.79 Å². The smallest absolute Gasteiger partial charge is 0.343 e. The van der Waals surface area contributed by atoms with Gasteiger partial charge in [-0.05, 0) is 31.9 Å². The Hall–Kier alpha value is -3.00. The fourth-order valence-corrected chi connectivity index (χ4v) is 2.90. The van der Waals surface area contributed by atoms with Crippen LogP contribution in [-0.2, 0) is 0 Å². The van der Waals surface area contributed by atoms with Gasteiger partial charge in [-0.15, -0.1) is 0 Å². The maximum Gasteiger partial charge on any atom is 0.343 e. The molecule has 0 saturated carbocycles. The molecule has 1 atom stereocenters. The summed E-state index contributed by atoms with van der Waals surface area (Å²) in [6.45, 7) is 5.56. The Labute approximate surface area is 133 Å². The average molecular weight is 308 g/mol. The molecule has 1 aliphatic heterocycles. The molecule has 2 N–H and O–H groups in total. The molecular weight excluding hydrogens is 292 g/mol. The fourth-order valence-electron chi connectivity index (χ4n) is 2.90. The molecule has 0 fully saturated rings. The summed E-state index contributed by atoms with van der Waals surface area (Å²) in [5.41, 5.74) is 8.81. The molecular formula is C18H16N2O3. The van der Waals surface area contributed by atoms with Crippen molar-refractivity contribution >= 4 is 0 Å². The van der Waals surface area contributed by atoms with Crippen LogP contribution in [0.4, 0.5) is 0 Å². The van der Waals surface area contributed by atoms with E-state index in [1.807, 2.05) is 32.0 Å². The summed E-state index contributed by atoms with van der Waals surface area (Å²) in [7, 11) is 0. The minimum Gasteiger partial charge on any atom is -0.440 e. The number of nitriles is 1. The van der Waals surface area contributed by atoms with Crippen LogP contribution in [0.25, 0.3) is 0 Å². The van der Waals surface area contributed by atoms with Gasteiger partial charge in [-0.2, -0.15) is 5.26 Å². The number of hydrogen-bond acceptors (Lipinski definition) is 5. The number of nitrogens with zero attached hydrogens (tertiary/aromatic N) is 1. The number of allylic oxidation sites excluding steroid dienone is 1. The summed E-state index contributed by atoms with van der Waals surface area (Å²) in [6.07, 6.45) is 0. The number of aryl methyl sites for hydroxylation is 3. The maximum atomic E-state index is 12.4. The van der Waals surface area contributed by atoms with Gasteiger partial charge in [0.1, 0.15) is 23.2 Å². The van der Waals surface area contributed by atoms with Gasteiger partial charge in [0, 0.05) is 6.07 Å². The van der Waals surface area contributed by atoms with E-state index in [0.29, 0.717) is 17.1 Å². The standard InChI is InChI=1S/C18H16N2O3/c1-9-4-5-10(2)12(6-9)15-13(8-19)17(20)23-14-7-11(3)22-18(21)16(14)15/h4-7,15H,20H2,1-3H3/t15-/m1/s1. The molecule has 0 unspecified atom stereocenters. The molecule has 5 heteroatoms. The second-order valence-corrected chi connectivity index (χ2v) is 5.71. The van der Waals surface area contributed by atoms with Gasteiger partial charge < -0.3 is 14.9 Å². The number of rotatable bonds is 1. The Morgan fingerprint density at radius 2 is 1.96 bits per heavy atom. The highest BCUT2D eigenvalue weighted by molar-refractivity contribution is 5.56. The first kappa shape index (κ1) is 14.9. The van der Waals surface area contributed by atoms with Gasteiger partial charge in [0.25, 0.3) is 0 Å². The quantitative estimate of drug-likeness (QED) is 0.875. The highest BCUT2D eigenvalue weighted by Crippen LogP contribution is 2.41. The van der Waals surface area contributed by atoms with Crippen LogP contribution in [0.5, 0.6) is 5.75 Å². The van der Waals surface area contributed by atoms with E-state index in [9.17, 15) is 10.1 Å². The lowest BCUT2D eigenvalue weighted by Gasteiger charge is -2.26. The monoisotopic (exact) mass is 308 g/mol. The van der Waals surface area contributed by atoms with E-state index >= 15 is 0 Å². The Morgan fingerprint density at radius 1 is 1.22 bits per heavy atom. The lowest BCUT2D eigenvalue weighted by molar-refractivity contribution is 0.371. The first-order chi connectivity index (χ1) is 10.9. The van der Waals surface area contributed by atoms with Crippen LogP contribution in [-0.4, -0.2) is 0 Å². The molecule has 5 nitrogen and oxygen atoms in total. The Bertz CT molecular complexity index is 932. The molecule has 0 amide bonds. The highest BCUT2D eigenvalue weighted by atomic mass is 16.5. The summed E-state index contributed by atoms with van der Waals surface area (Å²) in [5.74, 6) is 0.222. The molecule has 0 bridgehead atoms. The van der Waals surface area contributed by atoms with Gasteiger partial charge in [0.15, 0.2) is 0 Å². The summed E-state index contributed by atoms with van der Waals surface area (Å²) in [4.78, 5) is 12.4. The Morgan fingerprint density at radius 3 is 2.65 bits per heavy atom. The second kappa shape index (κ2) is 5.33. The van der Waals surface area contributed by atoms with Gasteiger partial charge in [0.2, 0.25) is 5.88 Å². The van der Waals surface area contributed by atoms with Crippen molar-refractivity contribution in [2.75, 3.05) is 0 Å². The number of fused-ring (bicyclic) bond motifs is 1. The predicted octanol–water partition coefficient (Wildman–Crippen LogP) is 2.78.